The van der Waals surface area contributed by atoms with Crippen LogP contribution in [0.4, 0.5) is 5.69 Å². The third-order valence-electron chi connectivity index (χ3n) is 3.83. The third kappa shape index (κ3) is 2.23. The minimum atomic E-state index is -0.479. The number of nitrogens with one attached hydrogen (secondary N) is 1. The molecule has 0 saturated carbocycles. The van der Waals surface area contributed by atoms with Crippen LogP contribution in [-0.2, 0) is 0 Å². The number of H-pyrrole nitrogens is 1. The fourth-order valence-electron chi connectivity index (χ4n) is 2.71. The van der Waals surface area contributed by atoms with Crippen molar-refractivity contribution in [1.82, 2.24) is 9.97 Å². The average Bonchev–Trinajstić information content (AvgIpc) is 2.97. The number of nitro groups is 1. The van der Waals surface area contributed by atoms with Crippen molar-refractivity contribution < 1.29 is 9.34 Å². The lowest BCUT2D eigenvalue weighted by atomic mass is 10.1. The van der Waals surface area contributed by atoms with Crippen LogP contribution >= 0.6 is 0 Å². The van der Waals surface area contributed by atoms with Gasteiger partial charge in [-0.2, -0.15) is 0 Å². The minimum Gasteiger partial charge on any atom is -0.423 e. The van der Waals surface area contributed by atoms with Crippen LogP contribution in [0, 0.1) is 17.0 Å². The summed E-state index contributed by atoms with van der Waals surface area (Å²) in [7, 11) is 0. The van der Waals surface area contributed by atoms with Crippen LogP contribution in [0.1, 0.15) is 5.56 Å². The van der Waals surface area contributed by atoms with Gasteiger partial charge in [-0.1, -0.05) is 11.6 Å². The van der Waals surface area contributed by atoms with Crippen LogP contribution in [0.15, 0.2) is 51.7 Å². The summed E-state index contributed by atoms with van der Waals surface area (Å²) < 4.78 is 5.22. The van der Waals surface area contributed by atoms with E-state index in [4.69, 9.17) is 4.42 Å². The van der Waals surface area contributed by atoms with Crippen LogP contribution in [0.25, 0.3) is 33.4 Å². The minimum absolute atomic E-state index is 0.0222. The molecule has 0 aliphatic heterocycles. The molecule has 2 aromatic heterocycles. The van der Waals surface area contributed by atoms with Crippen molar-refractivity contribution in [2.45, 2.75) is 6.92 Å². The van der Waals surface area contributed by atoms with Crippen LogP contribution < -0.4 is 5.63 Å². The molecule has 0 bridgehead atoms. The van der Waals surface area contributed by atoms with Crippen molar-refractivity contribution in [3.05, 3.63) is 68.6 Å². The molecule has 0 atom stereocenters. The number of hydrogen-bond acceptors (Lipinski definition) is 5. The van der Waals surface area contributed by atoms with Crippen molar-refractivity contribution in [2.24, 2.45) is 0 Å². The van der Waals surface area contributed by atoms with E-state index in [0.717, 1.165) is 10.9 Å². The molecule has 0 aliphatic carbocycles. The second kappa shape index (κ2) is 5.02. The molecule has 0 fully saturated rings. The van der Waals surface area contributed by atoms with Crippen LogP contribution in [0.5, 0.6) is 0 Å². The molecule has 118 valence electrons. The molecule has 0 aliphatic rings. The zero-order chi connectivity index (χ0) is 16.8. The van der Waals surface area contributed by atoms with Crippen molar-refractivity contribution >= 4 is 27.7 Å². The van der Waals surface area contributed by atoms with E-state index in [-0.39, 0.29) is 5.69 Å². The van der Waals surface area contributed by atoms with Crippen LogP contribution in [-0.4, -0.2) is 14.9 Å². The molecule has 2 aromatic carbocycles. The van der Waals surface area contributed by atoms with E-state index < -0.39 is 10.5 Å². The van der Waals surface area contributed by atoms with E-state index in [2.05, 4.69) is 9.97 Å². The molecule has 4 rings (SSSR count). The lowest BCUT2D eigenvalue weighted by molar-refractivity contribution is -0.384. The maximum Gasteiger partial charge on any atom is 0.336 e. The molecule has 0 saturated heterocycles. The molecule has 4 aromatic rings. The van der Waals surface area contributed by atoms with Crippen LogP contribution in [0.3, 0.4) is 0 Å². The SMILES string of the molecule is Cc1ccc2oc(=O)cc(-c3nc4ccc([N+](=O)[O-])cc4[nH]3)c2c1. The van der Waals surface area contributed by atoms with Crippen molar-refractivity contribution in [3.8, 4) is 11.4 Å². The maximum atomic E-state index is 11.8. The third-order valence-corrected chi connectivity index (χ3v) is 3.83. The van der Waals surface area contributed by atoms with E-state index in [0.29, 0.717) is 28.0 Å². The molecule has 0 unspecified atom stereocenters. The standard InChI is InChI=1S/C17H11N3O4/c1-9-2-5-15-11(6-9)12(8-16(21)24-15)17-18-13-4-3-10(20(22)23)7-14(13)19-17/h2-8H,1H3,(H,18,19). The Morgan fingerprint density at radius 1 is 1.17 bits per heavy atom. The van der Waals surface area contributed by atoms with Gasteiger partial charge in [-0.3, -0.25) is 10.1 Å². The number of nitro benzene ring substituents is 1. The second-order valence-electron chi connectivity index (χ2n) is 5.52. The molecule has 0 radical (unpaired) electrons. The number of aromatic nitrogens is 2. The monoisotopic (exact) mass is 321 g/mol. The van der Waals surface area contributed by atoms with Gasteiger partial charge in [-0.15, -0.1) is 0 Å². The van der Waals surface area contributed by atoms with Gasteiger partial charge >= 0.3 is 5.63 Å². The highest BCUT2D eigenvalue weighted by Crippen LogP contribution is 2.28. The van der Waals surface area contributed by atoms with E-state index in [1.54, 1.807) is 12.1 Å². The highest BCUT2D eigenvalue weighted by molar-refractivity contribution is 5.93. The number of aryl methyl sites for hydroxylation is 1. The molecule has 7 heteroatoms. The zero-order valence-corrected chi connectivity index (χ0v) is 12.6. The van der Waals surface area contributed by atoms with E-state index in [1.165, 1.54) is 18.2 Å². The molecule has 2 heterocycles. The predicted octanol–water partition coefficient (Wildman–Crippen LogP) is 3.55. The fraction of sp³-hybridized carbons (Fsp3) is 0.0588. The number of hydrogen-bond donors (Lipinski definition) is 1. The predicted molar refractivity (Wildman–Crippen MR) is 89.0 cm³/mol. The van der Waals surface area contributed by atoms with Gasteiger partial charge < -0.3 is 9.40 Å². The number of imidazole rings is 1. The average molecular weight is 321 g/mol. The van der Waals surface area contributed by atoms with Gasteiger partial charge in [0.2, 0.25) is 0 Å². The normalized spacial score (nSPS) is 11.2. The topological polar surface area (TPSA) is 102 Å². The van der Waals surface area contributed by atoms with E-state index >= 15 is 0 Å². The van der Waals surface area contributed by atoms with Crippen molar-refractivity contribution in [2.75, 3.05) is 0 Å². The Kier molecular flexibility index (Phi) is 2.96. The molecule has 0 amide bonds. The molecule has 7 nitrogen and oxygen atoms in total. The van der Waals surface area contributed by atoms with Crippen LogP contribution in [0.2, 0.25) is 0 Å². The summed E-state index contributed by atoms with van der Waals surface area (Å²) in [5.74, 6) is 0.467. The largest absolute Gasteiger partial charge is 0.423 e. The van der Waals surface area contributed by atoms with Crippen molar-refractivity contribution in [1.29, 1.82) is 0 Å². The molecular weight excluding hydrogens is 310 g/mol. The first kappa shape index (κ1) is 14.1. The summed E-state index contributed by atoms with van der Waals surface area (Å²) >= 11 is 0. The van der Waals surface area contributed by atoms with Gasteiger partial charge in [0.25, 0.3) is 5.69 Å². The summed E-state index contributed by atoms with van der Waals surface area (Å²) in [5.41, 5.74) is 2.71. The highest BCUT2D eigenvalue weighted by atomic mass is 16.6. The first-order valence-electron chi connectivity index (χ1n) is 7.20. The summed E-state index contributed by atoms with van der Waals surface area (Å²) in [6, 6.07) is 11.3. The Morgan fingerprint density at radius 2 is 2.00 bits per heavy atom. The quantitative estimate of drug-likeness (QED) is 0.345. The smallest absolute Gasteiger partial charge is 0.336 e. The first-order valence-corrected chi connectivity index (χ1v) is 7.20. The van der Waals surface area contributed by atoms with Gasteiger partial charge in [0.15, 0.2) is 0 Å². The van der Waals surface area contributed by atoms with Gasteiger partial charge in [-0.25, -0.2) is 9.78 Å². The number of fused-ring (bicyclic) bond motifs is 2. The maximum absolute atomic E-state index is 11.8. The lowest BCUT2D eigenvalue weighted by Crippen LogP contribution is -1.99. The summed E-state index contributed by atoms with van der Waals surface area (Å²) in [6.07, 6.45) is 0. The Morgan fingerprint density at radius 3 is 2.79 bits per heavy atom. The Labute approximate surface area is 134 Å². The number of benzene rings is 2. The zero-order valence-electron chi connectivity index (χ0n) is 12.6. The summed E-state index contributed by atoms with van der Waals surface area (Å²) in [5, 5.41) is 11.6. The Balaban J connectivity index is 2.00. The Bertz CT molecular complexity index is 1170. The number of aromatic amines is 1. The van der Waals surface area contributed by atoms with Gasteiger partial charge in [0, 0.05) is 29.1 Å². The lowest BCUT2D eigenvalue weighted by Gasteiger charge is -2.03. The van der Waals surface area contributed by atoms with Gasteiger partial charge in [-0.05, 0) is 25.1 Å². The molecule has 1 N–H and O–H groups in total. The fourth-order valence-corrected chi connectivity index (χ4v) is 2.71. The molecule has 0 spiro atoms. The summed E-state index contributed by atoms with van der Waals surface area (Å²) in [6.45, 7) is 1.94. The van der Waals surface area contributed by atoms with Crippen molar-refractivity contribution in [3.63, 3.8) is 0 Å². The first-order chi connectivity index (χ1) is 11.5. The second-order valence-corrected chi connectivity index (χ2v) is 5.52. The molecule has 24 heavy (non-hydrogen) atoms. The number of nitrogens with zero attached hydrogens (tertiary/aromatic N) is 2. The van der Waals surface area contributed by atoms with E-state index in [9.17, 15) is 14.9 Å². The van der Waals surface area contributed by atoms with Gasteiger partial charge in [0.1, 0.15) is 11.4 Å². The summed E-state index contributed by atoms with van der Waals surface area (Å²) in [4.78, 5) is 29.8. The highest BCUT2D eigenvalue weighted by Gasteiger charge is 2.14. The van der Waals surface area contributed by atoms with Gasteiger partial charge in [0.05, 0.1) is 16.0 Å². The number of rotatable bonds is 2. The number of non-ortho nitro benzene ring substituents is 1. The Hall–Kier alpha value is -3.48. The molecular formula is C17H11N3O4. The van der Waals surface area contributed by atoms with E-state index in [1.807, 2.05) is 19.1 Å².